The Morgan fingerprint density at radius 3 is 2.52 bits per heavy atom. The molecular weight excluding hydrogens is 319 g/mol. The fourth-order valence-corrected chi connectivity index (χ4v) is 2.18. The molecule has 5 nitrogen and oxygen atoms in total. The molecule has 0 aliphatic heterocycles. The highest BCUT2D eigenvalue weighted by Crippen LogP contribution is 2.18. The minimum Gasteiger partial charge on any atom is -0.455 e. The molecule has 1 amide bonds. The van der Waals surface area contributed by atoms with Crippen LogP contribution in [0, 0.1) is 23.1 Å². The molecular formula is C16H19FN2O3S. The second-order valence-corrected chi connectivity index (χ2v) is 6.47. The summed E-state index contributed by atoms with van der Waals surface area (Å²) in [5.41, 5.74) is -1.01. The lowest BCUT2D eigenvalue weighted by molar-refractivity contribution is -0.146. The van der Waals surface area contributed by atoms with Crippen molar-refractivity contribution in [1.29, 1.82) is 5.26 Å². The van der Waals surface area contributed by atoms with Gasteiger partial charge in [0.25, 0.3) is 5.91 Å². The molecule has 0 aliphatic rings. The maximum Gasteiger partial charge on any atom is 0.316 e. The van der Waals surface area contributed by atoms with Crippen LogP contribution in [0.4, 0.5) is 4.39 Å². The van der Waals surface area contributed by atoms with Gasteiger partial charge in [0.05, 0.1) is 11.8 Å². The maximum absolute atomic E-state index is 12.7. The molecule has 0 aliphatic carbocycles. The van der Waals surface area contributed by atoms with Crippen LogP contribution in [0.2, 0.25) is 0 Å². The summed E-state index contributed by atoms with van der Waals surface area (Å²) in [7, 11) is 0. The molecule has 0 bridgehead atoms. The topological polar surface area (TPSA) is 79.2 Å². The summed E-state index contributed by atoms with van der Waals surface area (Å²) in [6.45, 7) is 4.80. The standard InChI is InChI=1S/C16H19FN2O3S/c1-11(2)16(3,10-18)19-14(20)8-22-15(21)9-23-13-6-4-12(17)5-7-13/h4-7,11H,8-9H2,1-3H3,(H,19,20)/t16-/m1/s1. The van der Waals surface area contributed by atoms with Gasteiger partial charge in [-0.3, -0.25) is 9.59 Å². The first-order valence-corrected chi connectivity index (χ1v) is 8.01. The van der Waals surface area contributed by atoms with Crippen molar-refractivity contribution < 1.29 is 18.7 Å². The number of nitrogens with zero attached hydrogens (tertiary/aromatic N) is 1. The Morgan fingerprint density at radius 1 is 1.39 bits per heavy atom. The van der Waals surface area contributed by atoms with Gasteiger partial charge < -0.3 is 10.1 Å². The van der Waals surface area contributed by atoms with Crippen LogP contribution in [-0.4, -0.2) is 29.8 Å². The van der Waals surface area contributed by atoms with Crippen LogP contribution < -0.4 is 5.32 Å². The van der Waals surface area contributed by atoms with Crippen LogP contribution >= 0.6 is 11.8 Å². The summed E-state index contributed by atoms with van der Waals surface area (Å²) in [6.07, 6.45) is 0. The number of carbonyl (C=O) groups excluding carboxylic acids is 2. The monoisotopic (exact) mass is 338 g/mol. The average Bonchev–Trinajstić information content (AvgIpc) is 2.52. The van der Waals surface area contributed by atoms with Crippen LogP contribution in [0.3, 0.4) is 0 Å². The minimum absolute atomic E-state index is 0.0125. The zero-order chi connectivity index (χ0) is 17.5. The van der Waals surface area contributed by atoms with Gasteiger partial charge in [0.1, 0.15) is 11.4 Å². The van der Waals surface area contributed by atoms with Crippen LogP contribution in [0.5, 0.6) is 0 Å². The Kier molecular flexibility index (Phi) is 7.04. The number of rotatable bonds is 7. The molecule has 1 aromatic rings. The van der Waals surface area contributed by atoms with E-state index < -0.39 is 24.0 Å². The molecule has 23 heavy (non-hydrogen) atoms. The van der Waals surface area contributed by atoms with E-state index in [2.05, 4.69) is 5.32 Å². The number of benzene rings is 1. The van der Waals surface area contributed by atoms with Gasteiger partial charge in [-0.15, -0.1) is 11.8 Å². The lowest BCUT2D eigenvalue weighted by Gasteiger charge is -2.27. The number of thioether (sulfide) groups is 1. The van der Waals surface area contributed by atoms with E-state index in [4.69, 9.17) is 10.00 Å². The third-order valence-electron chi connectivity index (χ3n) is 3.32. The lowest BCUT2D eigenvalue weighted by Crippen LogP contribution is -2.50. The molecule has 0 aromatic heterocycles. The van der Waals surface area contributed by atoms with Crippen molar-refractivity contribution in [2.45, 2.75) is 31.2 Å². The number of nitriles is 1. The molecule has 7 heteroatoms. The molecule has 1 atom stereocenters. The molecule has 0 radical (unpaired) electrons. The highest BCUT2D eigenvalue weighted by Gasteiger charge is 2.30. The van der Waals surface area contributed by atoms with Gasteiger partial charge in [-0.05, 0) is 37.1 Å². The van der Waals surface area contributed by atoms with Gasteiger partial charge in [-0.25, -0.2) is 4.39 Å². The van der Waals surface area contributed by atoms with Gasteiger partial charge in [-0.2, -0.15) is 5.26 Å². The van der Waals surface area contributed by atoms with Crippen LogP contribution in [0.25, 0.3) is 0 Å². The zero-order valence-electron chi connectivity index (χ0n) is 13.3. The highest BCUT2D eigenvalue weighted by atomic mass is 32.2. The van der Waals surface area contributed by atoms with Crippen molar-refractivity contribution in [2.24, 2.45) is 5.92 Å². The third-order valence-corrected chi connectivity index (χ3v) is 4.31. The molecule has 0 heterocycles. The summed E-state index contributed by atoms with van der Waals surface area (Å²) < 4.78 is 17.6. The number of nitrogens with one attached hydrogen (secondary N) is 1. The van der Waals surface area contributed by atoms with Crippen molar-refractivity contribution in [2.75, 3.05) is 12.4 Å². The normalized spacial score (nSPS) is 13.0. The molecule has 0 fully saturated rings. The average molecular weight is 338 g/mol. The lowest BCUT2D eigenvalue weighted by atomic mass is 9.90. The number of amides is 1. The summed E-state index contributed by atoms with van der Waals surface area (Å²) >= 11 is 1.19. The Bertz CT molecular complexity index is 598. The molecule has 1 aromatic carbocycles. The molecule has 0 saturated carbocycles. The van der Waals surface area contributed by atoms with Gasteiger partial charge in [-0.1, -0.05) is 13.8 Å². The van der Waals surface area contributed by atoms with Crippen LogP contribution in [0.1, 0.15) is 20.8 Å². The van der Waals surface area contributed by atoms with Crippen molar-refractivity contribution in [3.8, 4) is 6.07 Å². The van der Waals surface area contributed by atoms with E-state index in [0.717, 1.165) is 4.90 Å². The Balaban J connectivity index is 2.37. The van der Waals surface area contributed by atoms with Gasteiger partial charge in [0.2, 0.25) is 0 Å². The highest BCUT2D eigenvalue weighted by molar-refractivity contribution is 8.00. The van der Waals surface area contributed by atoms with Crippen molar-refractivity contribution in [3.05, 3.63) is 30.1 Å². The summed E-state index contributed by atoms with van der Waals surface area (Å²) in [5.74, 6) is -1.50. The molecule has 0 unspecified atom stereocenters. The summed E-state index contributed by atoms with van der Waals surface area (Å²) in [5, 5.41) is 11.7. The van der Waals surface area contributed by atoms with E-state index in [1.165, 1.54) is 23.9 Å². The van der Waals surface area contributed by atoms with E-state index in [1.807, 2.05) is 19.9 Å². The third kappa shape index (κ3) is 6.28. The summed E-state index contributed by atoms with van der Waals surface area (Å²) in [6, 6.07) is 7.76. The maximum atomic E-state index is 12.7. The van der Waals surface area contributed by atoms with Crippen molar-refractivity contribution >= 4 is 23.6 Å². The first-order chi connectivity index (χ1) is 10.8. The van der Waals surface area contributed by atoms with E-state index in [-0.39, 0.29) is 17.5 Å². The Morgan fingerprint density at radius 2 is 2.00 bits per heavy atom. The second kappa shape index (κ2) is 8.53. The number of carbonyl (C=O) groups is 2. The molecule has 0 spiro atoms. The number of ether oxygens (including phenoxy) is 1. The van der Waals surface area contributed by atoms with E-state index in [0.29, 0.717) is 0 Å². The number of esters is 1. The van der Waals surface area contributed by atoms with Gasteiger partial charge in [0.15, 0.2) is 6.61 Å². The minimum atomic E-state index is -1.01. The number of hydrogen-bond donors (Lipinski definition) is 1. The number of halogens is 1. The predicted octanol–water partition coefficient (Wildman–Crippen LogP) is 2.52. The molecule has 0 saturated heterocycles. The van der Waals surface area contributed by atoms with Crippen molar-refractivity contribution in [1.82, 2.24) is 5.32 Å². The first-order valence-electron chi connectivity index (χ1n) is 7.03. The number of hydrogen-bond acceptors (Lipinski definition) is 5. The van der Waals surface area contributed by atoms with Gasteiger partial charge >= 0.3 is 5.97 Å². The predicted molar refractivity (Wildman–Crippen MR) is 85.1 cm³/mol. The van der Waals surface area contributed by atoms with Crippen LogP contribution in [-0.2, 0) is 14.3 Å². The van der Waals surface area contributed by atoms with E-state index >= 15 is 0 Å². The molecule has 124 valence electrons. The SMILES string of the molecule is CC(C)[C@@](C)(C#N)NC(=O)COC(=O)CSc1ccc(F)cc1. The zero-order valence-corrected chi connectivity index (χ0v) is 14.1. The fraction of sp³-hybridized carbons (Fsp3) is 0.438. The Labute approximate surface area is 139 Å². The molecule has 1 N–H and O–H groups in total. The largest absolute Gasteiger partial charge is 0.455 e. The quantitative estimate of drug-likeness (QED) is 0.610. The summed E-state index contributed by atoms with van der Waals surface area (Å²) in [4.78, 5) is 24.1. The van der Waals surface area contributed by atoms with E-state index in [9.17, 15) is 14.0 Å². The van der Waals surface area contributed by atoms with Crippen molar-refractivity contribution in [3.63, 3.8) is 0 Å². The van der Waals surface area contributed by atoms with Gasteiger partial charge in [0, 0.05) is 4.90 Å². The smallest absolute Gasteiger partial charge is 0.316 e. The second-order valence-electron chi connectivity index (χ2n) is 5.42. The molecule has 1 rings (SSSR count). The Hall–Kier alpha value is -2.07. The first kappa shape index (κ1) is 19.0. The fourth-order valence-electron chi connectivity index (χ4n) is 1.49. The van der Waals surface area contributed by atoms with Crippen LogP contribution in [0.15, 0.2) is 29.2 Å². The van der Waals surface area contributed by atoms with E-state index in [1.54, 1.807) is 19.1 Å².